The Bertz CT molecular complexity index is 741. The highest BCUT2D eigenvalue weighted by molar-refractivity contribution is 6.06. The zero-order valence-electron chi connectivity index (χ0n) is 12.4. The van der Waals surface area contributed by atoms with Crippen molar-refractivity contribution in [3.63, 3.8) is 0 Å². The summed E-state index contributed by atoms with van der Waals surface area (Å²) in [6, 6.07) is 12.7. The van der Waals surface area contributed by atoms with E-state index in [0.29, 0.717) is 18.0 Å². The molecule has 23 heavy (non-hydrogen) atoms. The lowest BCUT2D eigenvalue weighted by Gasteiger charge is -2.24. The third-order valence-corrected chi connectivity index (χ3v) is 3.90. The second-order valence-electron chi connectivity index (χ2n) is 5.67. The van der Waals surface area contributed by atoms with Gasteiger partial charge in [0.05, 0.1) is 11.3 Å². The SMILES string of the molecule is O=C(O)c1cccc(N(CC2CC2)C(=O)c2ccccc2)c1F. The van der Waals surface area contributed by atoms with Crippen molar-refractivity contribution in [3.8, 4) is 0 Å². The Labute approximate surface area is 133 Å². The number of rotatable bonds is 5. The first kappa shape index (κ1) is 15.2. The molecule has 0 aromatic heterocycles. The molecular weight excluding hydrogens is 297 g/mol. The number of amides is 1. The molecule has 4 nitrogen and oxygen atoms in total. The van der Waals surface area contributed by atoms with Crippen LogP contribution in [0.1, 0.15) is 33.6 Å². The largest absolute Gasteiger partial charge is 0.478 e. The van der Waals surface area contributed by atoms with Crippen LogP contribution >= 0.6 is 0 Å². The summed E-state index contributed by atoms with van der Waals surface area (Å²) in [5.41, 5.74) is 0.0445. The number of halogens is 1. The van der Waals surface area contributed by atoms with Crippen molar-refractivity contribution in [3.05, 3.63) is 65.5 Å². The van der Waals surface area contributed by atoms with E-state index in [0.717, 1.165) is 12.8 Å². The van der Waals surface area contributed by atoms with Crippen LogP contribution < -0.4 is 4.90 Å². The van der Waals surface area contributed by atoms with Gasteiger partial charge in [-0.3, -0.25) is 4.79 Å². The standard InChI is InChI=1S/C18H16FNO3/c19-16-14(18(22)23)7-4-8-15(16)20(11-12-9-10-12)17(21)13-5-2-1-3-6-13/h1-8,12H,9-11H2,(H,22,23). The van der Waals surface area contributed by atoms with Crippen molar-refractivity contribution < 1.29 is 19.1 Å². The second-order valence-corrected chi connectivity index (χ2v) is 5.67. The predicted octanol–water partition coefficient (Wildman–Crippen LogP) is 3.58. The molecule has 1 fully saturated rings. The predicted molar refractivity (Wildman–Crippen MR) is 84.2 cm³/mol. The van der Waals surface area contributed by atoms with Crippen LogP contribution in [0.2, 0.25) is 0 Å². The van der Waals surface area contributed by atoms with E-state index in [9.17, 15) is 14.0 Å². The molecule has 2 aromatic rings. The van der Waals surface area contributed by atoms with E-state index in [1.165, 1.54) is 23.1 Å². The molecule has 118 valence electrons. The molecule has 0 bridgehead atoms. The van der Waals surface area contributed by atoms with E-state index < -0.39 is 17.3 Å². The van der Waals surface area contributed by atoms with Crippen molar-refractivity contribution in [2.24, 2.45) is 5.92 Å². The molecule has 0 heterocycles. The average Bonchev–Trinajstić information content (AvgIpc) is 3.37. The van der Waals surface area contributed by atoms with Gasteiger partial charge in [-0.1, -0.05) is 24.3 Å². The van der Waals surface area contributed by atoms with Gasteiger partial charge in [0, 0.05) is 12.1 Å². The molecule has 1 amide bonds. The lowest BCUT2D eigenvalue weighted by molar-refractivity contribution is 0.0691. The Balaban J connectivity index is 2.01. The number of carbonyl (C=O) groups excluding carboxylic acids is 1. The Hall–Kier alpha value is -2.69. The van der Waals surface area contributed by atoms with Gasteiger partial charge in [-0.05, 0) is 43.0 Å². The smallest absolute Gasteiger partial charge is 0.338 e. The number of hydrogen-bond acceptors (Lipinski definition) is 2. The molecule has 2 aromatic carbocycles. The zero-order valence-corrected chi connectivity index (χ0v) is 12.4. The van der Waals surface area contributed by atoms with E-state index in [-0.39, 0.29) is 11.6 Å². The van der Waals surface area contributed by atoms with Crippen molar-refractivity contribution in [1.29, 1.82) is 0 Å². The van der Waals surface area contributed by atoms with Crippen LogP contribution in [0.5, 0.6) is 0 Å². The highest BCUT2D eigenvalue weighted by atomic mass is 19.1. The molecule has 3 rings (SSSR count). The maximum Gasteiger partial charge on any atom is 0.338 e. The summed E-state index contributed by atoms with van der Waals surface area (Å²) < 4.78 is 14.5. The van der Waals surface area contributed by atoms with Crippen LogP contribution in [0.4, 0.5) is 10.1 Å². The Kier molecular flexibility index (Phi) is 4.10. The Morgan fingerprint density at radius 2 is 1.78 bits per heavy atom. The fourth-order valence-corrected chi connectivity index (χ4v) is 2.48. The number of aromatic carboxylic acids is 1. The molecule has 1 aliphatic rings. The van der Waals surface area contributed by atoms with Crippen LogP contribution in [0.15, 0.2) is 48.5 Å². The minimum atomic E-state index is -1.34. The molecule has 0 aliphatic heterocycles. The topological polar surface area (TPSA) is 57.6 Å². The van der Waals surface area contributed by atoms with Gasteiger partial charge in [-0.15, -0.1) is 0 Å². The number of carboxylic acid groups (broad SMARTS) is 1. The molecule has 5 heteroatoms. The van der Waals surface area contributed by atoms with Crippen LogP contribution in [0.25, 0.3) is 0 Å². The summed E-state index contributed by atoms with van der Waals surface area (Å²) in [5.74, 6) is -2.19. The lowest BCUT2D eigenvalue weighted by Crippen LogP contribution is -2.34. The van der Waals surface area contributed by atoms with Gasteiger partial charge < -0.3 is 10.0 Å². The summed E-state index contributed by atoms with van der Waals surface area (Å²) in [7, 11) is 0. The van der Waals surface area contributed by atoms with Gasteiger partial charge in [0.15, 0.2) is 5.82 Å². The summed E-state index contributed by atoms with van der Waals surface area (Å²) in [6.45, 7) is 0.397. The van der Waals surface area contributed by atoms with Gasteiger partial charge in [0.2, 0.25) is 0 Å². The first-order valence-electron chi connectivity index (χ1n) is 7.46. The number of nitrogens with zero attached hydrogens (tertiary/aromatic N) is 1. The fraction of sp³-hybridized carbons (Fsp3) is 0.222. The molecule has 0 unspecified atom stereocenters. The fourth-order valence-electron chi connectivity index (χ4n) is 2.48. The molecule has 0 radical (unpaired) electrons. The minimum absolute atomic E-state index is 0.0191. The van der Waals surface area contributed by atoms with Gasteiger partial charge in [0.1, 0.15) is 0 Å². The molecule has 0 saturated heterocycles. The second kappa shape index (κ2) is 6.20. The van der Waals surface area contributed by atoms with E-state index in [1.54, 1.807) is 30.3 Å². The normalized spacial score (nSPS) is 13.6. The number of carboxylic acids is 1. The van der Waals surface area contributed by atoms with E-state index in [2.05, 4.69) is 0 Å². The minimum Gasteiger partial charge on any atom is -0.478 e. The number of hydrogen-bond donors (Lipinski definition) is 1. The maximum atomic E-state index is 14.5. The number of carbonyl (C=O) groups is 2. The van der Waals surface area contributed by atoms with E-state index in [4.69, 9.17) is 5.11 Å². The zero-order chi connectivity index (χ0) is 16.4. The van der Waals surface area contributed by atoms with Crippen molar-refractivity contribution in [2.75, 3.05) is 11.4 Å². The van der Waals surface area contributed by atoms with Crippen molar-refractivity contribution >= 4 is 17.6 Å². The first-order chi connectivity index (χ1) is 11.1. The van der Waals surface area contributed by atoms with Gasteiger partial charge >= 0.3 is 5.97 Å². The number of benzene rings is 2. The van der Waals surface area contributed by atoms with Gasteiger partial charge in [-0.25, -0.2) is 9.18 Å². The first-order valence-corrected chi connectivity index (χ1v) is 7.46. The van der Waals surface area contributed by atoms with Crippen LogP contribution in [-0.4, -0.2) is 23.5 Å². The third-order valence-electron chi connectivity index (χ3n) is 3.90. The van der Waals surface area contributed by atoms with E-state index >= 15 is 0 Å². The molecule has 1 saturated carbocycles. The lowest BCUT2D eigenvalue weighted by atomic mass is 10.1. The Morgan fingerprint density at radius 1 is 1.09 bits per heavy atom. The molecule has 1 N–H and O–H groups in total. The highest BCUT2D eigenvalue weighted by Crippen LogP contribution is 2.33. The third kappa shape index (κ3) is 3.23. The molecule has 0 spiro atoms. The van der Waals surface area contributed by atoms with Gasteiger partial charge in [0.25, 0.3) is 5.91 Å². The molecule has 1 aliphatic carbocycles. The highest BCUT2D eigenvalue weighted by Gasteiger charge is 2.30. The number of anilines is 1. The monoisotopic (exact) mass is 313 g/mol. The molecule has 0 atom stereocenters. The van der Waals surface area contributed by atoms with Crippen LogP contribution in [-0.2, 0) is 0 Å². The van der Waals surface area contributed by atoms with Crippen molar-refractivity contribution in [2.45, 2.75) is 12.8 Å². The van der Waals surface area contributed by atoms with Crippen LogP contribution in [0.3, 0.4) is 0 Å². The van der Waals surface area contributed by atoms with Crippen molar-refractivity contribution in [1.82, 2.24) is 0 Å². The Morgan fingerprint density at radius 3 is 2.39 bits per heavy atom. The maximum absolute atomic E-state index is 14.5. The average molecular weight is 313 g/mol. The summed E-state index contributed by atoms with van der Waals surface area (Å²) in [6.07, 6.45) is 2.00. The van der Waals surface area contributed by atoms with E-state index in [1.807, 2.05) is 0 Å². The summed E-state index contributed by atoms with van der Waals surface area (Å²) >= 11 is 0. The quantitative estimate of drug-likeness (QED) is 0.918. The van der Waals surface area contributed by atoms with Crippen LogP contribution in [0, 0.1) is 11.7 Å². The molecular formula is C18H16FNO3. The van der Waals surface area contributed by atoms with Gasteiger partial charge in [-0.2, -0.15) is 0 Å². The summed E-state index contributed by atoms with van der Waals surface area (Å²) in [5, 5.41) is 9.08. The summed E-state index contributed by atoms with van der Waals surface area (Å²) in [4.78, 5) is 25.2.